The lowest BCUT2D eigenvalue weighted by Gasteiger charge is -2.32. The molecule has 6 nitrogen and oxygen atoms in total. The number of hydrogen-bond donors (Lipinski definition) is 3. The summed E-state index contributed by atoms with van der Waals surface area (Å²) < 4.78 is 0. The Kier molecular flexibility index (Phi) is 6.87. The van der Waals surface area contributed by atoms with Crippen molar-refractivity contribution in [3.05, 3.63) is 26.6 Å². The summed E-state index contributed by atoms with van der Waals surface area (Å²) in [6.07, 6.45) is 1.59. The fourth-order valence-electron chi connectivity index (χ4n) is 2.78. The van der Waals surface area contributed by atoms with E-state index < -0.39 is 0 Å². The second-order valence-corrected chi connectivity index (χ2v) is 9.14. The monoisotopic (exact) mass is 396 g/mol. The van der Waals surface area contributed by atoms with Crippen LogP contribution in [0.4, 0.5) is 0 Å². The highest BCUT2D eigenvalue weighted by Gasteiger charge is 2.28. The van der Waals surface area contributed by atoms with E-state index in [1.54, 1.807) is 0 Å². The number of carbonyl (C=O) groups excluding carboxylic acids is 1. The van der Waals surface area contributed by atoms with Crippen molar-refractivity contribution in [2.75, 3.05) is 6.54 Å². The number of nitrogens with two attached hydrogens (primary N) is 1. The Balaban J connectivity index is 2.07. The van der Waals surface area contributed by atoms with Crippen LogP contribution in [0.15, 0.2) is 4.79 Å². The molecule has 0 aliphatic rings. The molecule has 0 aliphatic carbocycles. The molecule has 0 bridgehead atoms. The summed E-state index contributed by atoms with van der Waals surface area (Å²) in [4.78, 5) is 34.1. The number of H-pyrrole nitrogens is 1. The van der Waals surface area contributed by atoms with Gasteiger partial charge in [-0.05, 0) is 39.2 Å². The molecule has 4 N–H and O–H groups in total. The molecule has 144 valence electrons. The summed E-state index contributed by atoms with van der Waals surface area (Å²) in [5.74, 6) is 1.05. The lowest BCUT2D eigenvalue weighted by atomic mass is 9.93. The van der Waals surface area contributed by atoms with E-state index in [1.165, 1.54) is 23.1 Å². The molecule has 26 heavy (non-hydrogen) atoms. The van der Waals surface area contributed by atoms with Gasteiger partial charge in [0.05, 0.1) is 21.9 Å². The Morgan fingerprint density at radius 3 is 2.62 bits per heavy atom. The largest absolute Gasteiger partial charge is 0.348 e. The van der Waals surface area contributed by atoms with Crippen LogP contribution in [0.1, 0.15) is 49.9 Å². The van der Waals surface area contributed by atoms with Crippen molar-refractivity contribution in [2.24, 2.45) is 5.73 Å². The Morgan fingerprint density at radius 2 is 2.04 bits per heavy atom. The minimum atomic E-state index is -0.344. The van der Waals surface area contributed by atoms with Crippen molar-refractivity contribution >= 4 is 39.2 Å². The molecular formula is C18H28N4O2S2. The number of aromatic nitrogens is 2. The number of carbonyl (C=O) groups is 1. The van der Waals surface area contributed by atoms with Crippen LogP contribution in [-0.4, -0.2) is 33.2 Å². The van der Waals surface area contributed by atoms with Gasteiger partial charge in [-0.1, -0.05) is 13.8 Å². The average molecular weight is 397 g/mol. The van der Waals surface area contributed by atoms with Crippen LogP contribution in [0, 0.1) is 13.8 Å². The highest BCUT2D eigenvalue weighted by Crippen LogP contribution is 2.26. The number of thioether (sulfide) groups is 1. The minimum Gasteiger partial charge on any atom is -0.348 e. The first-order valence-corrected chi connectivity index (χ1v) is 10.8. The Labute approximate surface area is 162 Å². The summed E-state index contributed by atoms with van der Waals surface area (Å²) in [5.41, 5.74) is 6.39. The molecule has 0 saturated heterocycles. The zero-order valence-corrected chi connectivity index (χ0v) is 17.7. The van der Waals surface area contributed by atoms with Gasteiger partial charge < -0.3 is 16.0 Å². The number of aryl methyl sites for hydroxylation is 2. The fraction of sp³-hybridized carbons (Fsp3) is 0.611. The van der Waals surface area contributed by atoms with Gasteiger partial charge in [0, 0.05) is 11.4 Å². The molecule has 1 atom stereocenters. The number of rotatable bonds is 8. The Bertz CT molecular complexity index is 831. The van der Waals surface area contributed by atoms with E-state index in [1.807, 2.05) is 34.6 Å². The summed E-state index contributed by atoms with van der Waals surface area (Å²) >= 11 is 2.99. The first kappa shape index (κ1) is 20.9. The SMILES string of the molecule is CCC(CC)(CN)NC(=O)C(C)SCc1nc2sc(C)c(C)c2c(=O)[nH]1. The smallest absolute Gasteiger partial charge is 0.259 e. The topological polar surface area (TPSA) is 101 Å². The molecule has 0 spiro atoms. The zero-order chi connectivity index (χ0) is 19.5. The van der Waals surface area contributed by atoms with Gasteiger partial charge in [0.25, 0.3) is 5.56 Å². The molecule has 2 aromatic heterocycles. The third-order valence-corrected chi connectivity index (χ3v) is 7.32. The molecule has 2 rings (SSSR count). The minimum absolute atomic E-state index is 0.0320. The van der Waals surface area contributed by atoms with Gasteiger partial charge in [0.15, 0.2) is 0 Å². The van der Waals surface area contributed by atoms with Crippen LogP contribution >= 0.6 is 23.1 Å². The van der Waals surface area contributed by atoms with Crippen LogP contribution in [0.3, 0.4) is 0 Å². The highest BCUT2D eigenvalue weighted by molar-refractivity contribution is 7.99. The Hall–Kier alpha value is -1.38. The van der Waals surface area contributed by atoms with Gasteiger partial charge in [0.2, 0.25) is 5.91 Å². The van der Waals surface area contributed by atoms with Gasteiger partial charge >= 0.3 is 0 Å². The van der Waals surface area contributed by atoms with Crippen molar-refractivity contribution in [3.63, 3.8) is 0 Å². The number of thiophene rings is 1. The highest BCUT2D eigenvalue weighted by atomic mass is 32.2. The quantitative estimate of drug-likeness (QED) is 0.637. The predicted molar refractivity (Wildman–Crippen MR) is 111 cm³/mol. The molecule has 0 fully saturated rings. The third-order valence-electron chi connectivity index (χ3n) is 5.06. The van der Waals surface area contributed by atoms with Crippen LogP contribution in [-0.2, 0) is 10.5 Å². The summed E-state index contributed by atoms with van der Waals surface area (Å²) in [7, 11) is 0. The molecule has 2 heterocycles. The molecule has 0 aliphatic heterocycles. The van der Waals surface area contributed by atoms with Crippen LogP contribution in [0.5, 0.6) is 0 Å². The second kappa shape index (κ2) is 8.54. The van der Waals surface area contributed by atoms with Gasteiger partial charge in [0.1, 0.15) is 10.7 Å². The molecule has 1 amide bonds. The van der Waals surface area contributed by atoms with Gasteiger partial charge in [-0.15, -0.1) is 23.1 Å². The number of fused-ring (bicyclic) bond motifs is 1. The van der Waals surface area contributed by atoms with Crippen molar-refractivity contribution in [1.29, 1.82) is 0 Å². The second-order valence-electron chi connectivity index (χ2n) is 6.61. The van der Waals surface area contributed by atoms with Crippen molar-refractivity contribution in [2.45, 2.75) is 64.0 Å². The van der Waals surface area contributed by atoms with E-state index in [9.17, 15) is 9.59 Å². The molecule has 8 heteroatoms. The molecule has 0 aromatic carbocycles. The van der Waals surface area contributed by atoms with Gasteiger partial charge in [-0.25, -0.2) is 4.98 Å². The molecule has 0 saturated carbocycles. The third kappa shape index (κ3) is 4.29. The molecular weight excluding hydrogens is 368 g/mol. The number of aromatic amines is 1. The number of hydrogen-bond acceptors (Lipinski definition) is 6. The summed E-state index contributed by atoms with van der Waals surface area (Å²) in [6, 6.07) is 0. The fourth-order valence-corrected chi connectivity index (χ4v) is 4.58. The van der Waals surface area contributed by atoms with Crippen LogP contribution in [0.25, 0.3) is 10.2 Å². The van der Waals surface area contributed by atoms with E-state index in [2.05, 4.69) is 15.3 Å². The van der Waals surface area contributed by atoms with E-state index in [4.69, 9.17) is 5.73 Å². The lowest BCUT2D eigenvalue weighted by Crippen LogP contribution is -2.54. The molecule has 0 radical (unpaired) electrons. The standard InChI is InChI=1S/C18H28N4O2S2/c1-6-18(7-2,9-19)22-15(23)12(5)25-8-13-20-16(24)14-10(3)11(4)26-17(14)21-13/h12H,6-9,19H2,1-5H3,(H,22,23)(H,20,21,24). The van der Waals surface area contributed by atoms with E-state index in [0.29, 0.717) is 23.5 Å². The van der Waals surface area contributed by atoms with Crippen LogP contribution in [0.2, 0.25) is 0 Å². The maximum absolute atomic E-state index is 12.5. The van der Waals surface area contributed by atoms with E-state index in [0.717, 1.165) is 28.1 Å². The normalized spacial score (nSPS) is 13.2. The number of nitrogens with one attached hydrogen (secondary N) is 2. The predicted octanol–water partition coefficient (Wildman–Crippen LogP) is 2.86. The van der Waals surface area contributed by atoms with Crippen molar-refractivity contribution in [1.82, 2.24) is 15.3 Å². The Morgan fingerprint density at radius 1 is 1.38 bits per heavy atom. The van der Waals surface area contributed by atoms with Gasteiger partial charge in [-0.3, -0.25) is 9.59 Å². The van der Waals surface area contributed by atoms with Gasteiger partial charge in [-0.2, -0.15) is 0 Å². The molecule has 1 unspecified atom stereocenters. The zero-order valence-electron chi connectivity index (χ0n) is 16.1. The number of amides is 1. The molecule has 2 aromatic rings. The lowest BCUT2D eigenvalue weighted by molar-refractivity contribution is -0.122. The maximum Gasteiger partial charge on any atom is 0.259 e. The first-order chi connectivity index (χ1) is 12.3. The van der Waals surface area contributed by atoms with Crippen molar-refractivity contribution in [3.8, 4) is 0 Å². The maximum atomic E-state index is 12.5. The average Bonchev–Trinajstić information content (AvgIpc) is 2.92. The van der Waals surface area contributed by atoms with Crippen LogP contribution < -0.4 is 16.6 Å². The van der Waals surface area contributed by atoms with Crippen molar-refractivity contribution < 1.29 is 4.79 Å². The first-order valence-electron chi connectivity index (χ1n) is 8.89. The number of nitrogens with zero attached hydrogens (tertiary/aromatic N) is 1. The van der Waals surface area contributed by atoms with E-state index in [-0.39, 0.29) is 22.3 Å². The summed E-state index contributed by atoms with van der Waals surface area (Å²) in [5, 5.41) is 3.51. The summed E-state index contributed by atoms with van der Waals surface area (Å²) in [6.45, 7) is 10.3. The van der Waals surface area contributed by atoms with E-state index >= 15 is 0 Å².